The quantitative estimate of drug-likeness (QED) is 0.853. The minimum absolute atomic E-state index is 0.0159. The Bertz CT molecular complexity index is 613. The number of rotatable bonds is 6. The molecule has 0 heterocycles. The fraction of sp³-hybridized carbons (Fsp3) is 0.556. The average molecular weight is 353 g/mol. The van der Waals surface area contributed by atoms with Crippen molar-refractivity contribution in [1.29, 1.82) is 0 Å². The van der Waals surface area contributed by atoms with Gasteiger partial charge in [0.2, 0.25) is 11.8 Å². The molecule has 6 heteroatoms. The van der Waals surface area contributed by atoms with Crippen molar-refractivity contribution >= 4 is 29.1 Å². The Morgan fingerprint density at radius 1 is 1.33 bits per heavy atom. The molecule has 1 aliphatic rings. The molecule has 1 N–H and O–H groups in total. The second-order valence-corrected chi connectivity index (χ2v) is 6.65. The van der Waals surface area contributed by atoms with Gasteiger partial charge in [0.15, 0.2) is 0 Å². The molecule has 1 aromatic carbocycles. The van der Waals surface area contributed by atoms with Gasteiger partial charge in [-0.1, -0.05) is 24.4 Å². The summed E-state index contributed by atoms with van der Waals surface area (Å²) in [4.78, 5) is 25.8. The van der Waals surface area contributed by atoms with Crippen LogP contribution in [0.5, 0.6) is 5.75 Å². The van der Waals surface area contributed by atoms with Crippen LogP contribution in [0.15, 0.2) is 12.1 Å². The first-order chi connectivity index (χ1) is 11.4. The molecule has 5 nitrogen and oxygen atoms in total. The number of nitrogens with zero attached hydrogens (tertiary/aromatic N) is 1. The maximum atomic E-state index is 12.1. The molecule has 132 valence electrons. The maximum Gasteiger partial charge on any atom is 0.223 e. The first-order valence-corrected chi connectivity index (χ1v) is 8.71. The second kappa shape index (κ2) is 8.38. The number of aryl methyl sites for hydroxylation is 1. The molecule has 0 atom stereocenters. The highest BCUT2D eigenvalue weighted by atomic mass is 35.5. The minimum atomic E-state index is -0.135. The lowest BCUT2D eigenvalue weighted by Crippen LogP contribution is -2.37. The molecule has 24 heavy (non-hydrogen) atoms. The van der Waals surface area contributed by atoms with Crippen LogP contribution in [0.4, 0.5) is 5.69 Å². The predicted molar refractivity (Wildman–Crippen MR) is 95.8 cm³/mol. The average Bonchev–Trinajstić information content (AvgIpc) is 3.03. The lowest BCUT2D eigenvalue weighted by atomic mass is 10.1. The highest BCUT2D eigenvalue weighted by Gasteiger charge is 2.21. The summed E-state index contributed by atoms with van der Waals surface area (Å²) in [7, 11) is 1.54. The third-order valence-electron chi connectivity index (χ3n) is 4.41. The van der Waals surface area contributed by atoms with E-state index < -0.39 is 0 Å². The highest BCUT2D eigenvalue weighted by molar-refractivity contribution is 6.31. The van der Waals surface area contributed by atoms with Crippen molar-refractivity contribution in [2.45, 2.75) is 52.0 Å². The molecule has 2 rings (SSSR count). The van der Waals surface area contributed by atoms with Crippen LogP contribution in [-0.4, -0.2) is 31.5 Å². The van der Waals surface area contributed by atoms with E-state index in [1.54, 1.807) is 11.0 Å². The number of carbonyl (C=O) groups is 2. The Morgan fingerprint density at radius 2 is 2.00 bits per heavy atom. The summed E-state index contributed by atoms with van der Waals surface area (Å²) < 4.78 is 5.35. The Hall–Kier alpha value is -1.75. The van der Waals surface area contributed by atoms with Crippen molar-refractivity contribution in [2.24, 2.45) is 0 Å². The Labute approximate surface area is 148 Å². The summed E-state index contributed by atoms with van der Waals surface area (Å²) in [5.41, 5.74) is 1.50. The van der Waals surface area contributed by atoms with Gasteiger partial charge in [0, 0.05) is 37.0 Å². The normalized spacial score (nSPS) is 14.5. The SMILES string of the molecule is COc1cc(Cl)c(C)cc1N(CCC(=O)NC1CCCC1)C(C)=O. The first-order valence-electron chi connectivity index (χ1n) is 8.34. The summed E-state index contributed by atoms with van der Waals surface area (Å²) >= 11 is 6.12. The first kappa shape index (κ1) is 18.6. The molecular weight excluding hydrogens is 328 g/mol. The lowest BCUT2D eigenvalue weighted by molar-refractivity contribution is -0.121. The van der Waals surface area contributed by atoms with E-state index >= 15 is 0 Å². The molecule has 0 saturated heterocycles. The lowest BCUT2D eigenvalue weighted by Gasteiger charge is -2.24. The number of benzene rings is 1. The molecule has 0 bridgehead atoms. The van der Waals surface area contributed by atoms with Crippen molar-refractivity contribution < 1.29 is 14.3 Å². The number of ether oxygens (including phenoxy) is 1. The summed E-state index contributed by atoms with van der Waals surface area (Å²) in [5.74, 6) is 0.374. The number of anilines is 1. The Balaban J connectivity index is 2.08. The van der Waals surface area contributed by atoms with Crippen LogP contribution >= 0.6 is 11.6 Å². The van der Waals surface area contributed by atoms with Gasteiger partial charge in [0.25, 0.3) is 0 Å². The molecule has 1 saturated carbocycles. The van der Waals surface area contributed by atoms with Crippen molar-refractivity contribution in [3.63, 3.8) is 0 Å². The third kappa shape index (κ3) is 4.63. The topological polar surface area (TPSA) is 58.6 Å². The molecule has 0 aliphatic heterocycles. The number of hydrogen-bond donors (Lipinski definition) is 1. The van der Waals surface area contributed by atoms with Crippen molar-refractivity contribution in [1.82, 2.24) is 5.32 Å². The van der Waals surface area contributed by atoms with E-state index in [0.29, 0.717) is 23.0 Å². The van der Waals surface area contributed by atoms with Crippen LogP contribution in [0, 0.1) is 6.92 Å². The zero-order valence-corrected chi connectivity index (χ0v) is 15.3. The minimum Gasteiger partial charge on any atom is -0.495 e. The molecule has 1 fully saturated rings. The van der Waals surface area contributed by atoms with Crippen molar-refractivity contribution in [2.75, 3.05) is 18.6 Å². The summed E-state index contributed by atoms with van der Waals surface area (Å²) in [6.07, 6.45) is 4.71. The number of hydrogen-bond acceptors (Lipinski definition) is 3. The molecule has 1 aromatic rings. The van der Waals surface area contributed by atoms with E-state index in [9.17, 15) is 9.59 Å². The van der Waals surface area contributed by atoms with Crippen molar-refractivity contribution in [3.05, 3.63) is 22.7 Å². The van der Waals surface area contributed by atoms with E-state index in [1.807, 2.05) is 13.0 Å². The molecule has 2 amide bonds. The number of amides is 2. The smallest absolute Gasteiger partial charge is 0.223 e. The van der Waals surface area contributed by atoms with E-state index in [0.717, 1.165) is 18.4 Å². The molecular formula is C18H25ClN2O3. The summed E-state index contributed by atoms with van der Waals surface area (Å²) in [6, 6.07) is 3.80. The van der Waals surface area contributed by atoms with Gasteiger partial charge >= 0.3 is 0 Å². The van der Waals surface area contributed by atoms with Crippen LogP contribution in [0.3, 0.4) is 0 Å². The fourth-order valence-corrected chi connectivity index (χ4v) is 3.21. The largest absolute Gasteiger partial charge is 0.495 e. The maximum absolute atomic E-state index is 12.1. The van der Waals surface area contributed by atoms with Gasteiger partial charge in [-0.3, -0.25) is 9.59 Å². The Kier molecular flexibility index (Phi) is 6.49. The van der Waals surface area contributed by atoms with Gasteiger partial charge < -0.3 is 15.0 Å². The van der Waals surface area contributed by atoms with Gasteiger partial charge in [0.05, 0.1) is 12.8 Å². The van der Waals surface area contributed by atoms with E-state index in [4.69, 9.17) is 16.3 Å². The van der Waals surface area contributed by atoms with E-state index in [1.165, 1.54) is 26.9 Å². The van der Waals surface area contributed by atoms with Crippen LogP contribution in [0.2, 0.25) is 5.02 Å². The van der Waals surface area contributed by atoms with E-state index in [2.05, 4.69) is 5.32 Å². The molecule has 0 unspecified atom stereocenters. The van der Waals surface area contributed by atoms with Crippen LogP contribution in [-0.2, 0) is 9.59 Å². The number of methoxy groups -OCH3 is 1. The monoisotopic (exact) mass is 352 g/mol. The van der Waals surface area contributed by atoms with Gasteiger partial charge in [-0.05, 0) is 31.4 Å². The van der Waals surface area contributed by atoms with Gasteiger partial charge in [0.1, 0.15) is 5.75 Å². The molecule has 1 aliphatic carbocycles. The number of carbonyl (C=O) groups excluding carboxylic acids is 2. The van der Waals surface area contributed by atoms with Crippen LogP contribution in [0.25, 0.3) is 0 Å². The van der Waals surface area contributed by atoms with Gasteiger partial charge in [-0.15, -0.1) is 0 Å². The molecule has 0 spiro atoms. The van der Waals surface area contributed by atoms with E-state index in [-0.39, 0.29) is 24.3 Å². The van der Waals surface area contributed by atoms with Crippen LogP contribution in [0.1, 0.15) is 44.6 Å². The summed E-state index contributed by atoms with van der Waals surface area (Å²) in [6.45, 7) is 3.67. The van der Waals surface area contributed by atoms with Gasteiger partial charge in [-0.25, -0.2) is 0 Å². The zero-order chi connectivity index (χ0) is 17.7. The molecule has 0 radical (unpaired) electrons. The zero-order valence-electron chi connectivity index (χ0n) is 14.5. The third-order valence-corrected chi connectivity index (χ3v) is 4.82. The second-order valence-electron chi connectivity index (χ2n) is 6.24. The predicted octanol–water partition coefficient (Wildman–Crippen LogP) is 3.46. The standard InChI is InChI=1S/C18H25ClN2O3/c1-12-10-16(17(24-3)11-15(12)19)21(13(2)22)9-8-18(23)20-14-6-4-5-7-14/h10-11,14H,4-9H2,1-3H3,(H,20,23). The fourth-order valence-electron chi connectivity index (χ4n) is 3.05. The number of nitrogens with one attached hydrogen (secondary N) is 1. The van der Waals surface area contributed by atoms with Crippen LogP contribution < -0.4 is 15.0 Å². The Morgan fingerprint density at radius 3 is 2.58 bits per heavy atom. The molecule has 0 aromatic heterocycles. The number of halogens is 1. The van der Waals surface area contributed by atoms with Crippen molar-refractivity contribution in [3.8, 4) is 5.75 Å². The summed E-state index contributed by atoms with van der Waals surface area (Å²) in [5, 5.41) is 3.63. The van der Waals surface area contributed by atoms with Gasteiger partial charge in [-0.2, -0.15) is 0 Å². The highest BCUT2D eigenvalue weighted by Crippen LogP contribution is 2.34.